The van der Waals surface area contributed by atoms with E-state index in [9.17, 15) is 71.2 Å². The van der Waals surface area contributed by atoms with E-state index in [1.807, 2.05) is 0 Å². The minimum absolute atomic E-state index is 0.0828. The molecule has 22 heteroatoms. The molecule has 0 spiro atoms. The topological polar surface area (TPSA) is 354 Å². The van der Waals surface area contributed by atoms with Crippen LogP contribution in [0, 0.1) is 50.2 Å². The number of hydrogen-bond donors (Lipinski definition) is 13. The van der Waals surface area contributed by atoms with Crippen molar-refractivity contribution in [3.8, 4) is 0 Å². The summed E-state index contributed by atoms with van der Waals surface area (Å²) in [5.74, 6) is -1.12. The molecule has 5 aliphatic carbocycles. The Bertz CT molecular complexity index is 2100. The Morgan fingerprint density at radius 2 is 1.21 bits per heavy atom. The summed E-state index contributed by atoms with van der Waals surface area (Å²) in [5, 5.41) is 142. The molecule has 8 fully saturated rings. The first-order valence-electron chi connectivity index (χ1n) is 27.1. The molecule has 14 unspecified atom stereocenters. The average Bonchev–Trinajstić information content (AvgIpc) is 3.35. The van der Waals surface area contributed by atoms with E-state index in [0.717, 1.165) is 44.9 Å². The summed E-state index contributed by atoms with van der Waals surface area (Å²) in [6.45, 7) is 17.9. The third-order valence-corrected chi connectivity index (χ3v) is 21.3. The Morgan fingerprint density at radius 1 is 0.613 bits per heavy atom. The van der Waals surface area contributed by atoms with Gasteiger partial charge in [-0.05, 0) is 103 Å². The fourth-order valence-electron chi connectivity index (χ4n) is 16.3. The number of allylic oxidation sites excluding steroid dienone is 2. The number of aliphatic carboxylic acids is 1. The van der Waals surface area contributed by atoms with Crippen LogP contribution in [0.3, 0.4) is 0 Å². The summed E-state index contributed by atoms with van der Waals surface area (Å²) in [6.07, 6.45) is -26.7. The number of aliphatic hydroxyl groups is 12. The van der Waals surface area contributed by atoms with E-state index in [1.165, 1.54) is 12.5 Å². The number of carbonyl (C=O) groups is 1. The van der Waals surface area contributed by atoms with E-state index in [2.05, 4.69) is 61.5 Å². The first-order chi connectivity index (χ1) is 34.9. The van der Waals surface area contributed by atoms with Crippen molar-refractivity contribution < 1.29 is 109 Å². The molecular weight excluding hydrogens is 989 g/mol. The minimum Gasteiger partial charge on any atom is -0.479 e. The van der Waals surface area contributed by atoms with Crippen molar-refractivity contribution in [3.05, 3.63) is 11.6 Å². The number of rotatable bonds is 10. The number of carboxylic acids is 1. The second kappa shape index (κ2) is 20.4. The maximum atomic E-state index is 12.6. The number of carboxylic acid groups (broad SMARTS) is 1. The van der Waals surface area contributed by atoms with Crippen molar-refractivity contribution in [2.75, 3.05) is 13.2 Å². The van der Waals surface area contributed by atoms with Crippen molar-refractivity contribution in [1.29, 1.82) is 0 Å². The van der Waals surface area contributed by atoms with E-state index < -0.39 is 170 Å². The molecule has 13 N–H and O–H groups in total. The molecule has 29 atom stereocenters. The zero-order chi connectivity index (χ0) is 55.0. The minimum atomic E-state index is -2.08. The van der Waals surface area contributed by atoms with Crippen molar-refractivity contribution in [2.45, 2.75) is 249 Å². The van der Waals surface area contributed by atoms with Gasteiger partial charge in [0.05, 0.1) is 37.6 Å². The largest absolute Gasteiger partial charge is 0.479 e. The maximum Gasteiger partial charge on any atom is 0.335 e. The van der Waals surface area contributed by atoms with Crippen LogP contribution in [-0.4, -0.2) is 221 Å². The van der Waals surface area contributed by atoms with Gasteiger partial charge in [-0.25, -0.2) is 4.79 Å². The highest BCUT2D eigenvalue weighted by atomic mass is 16.8. The third kappa shape index (κ3) is 9.21. The fraction of sp³-hybridized carbons (Fsp3) is 0.943. The highest BCUT2D eigenvalue weighted by Gasteiger charge is 2.70. The van der Waals surface area contributed by atoms with Crippen molar-refractivity contribution in [3.63, 3.8) is 0 Å². The molecule has 9 rings (SSSR count). The molecular formula is C53H86O22. The van der Waals surface area contributed by atoms with Gasteiger partial charge >= 0.3 is 5.97 Å². The van der Waals surface area contributed by atoms with Gasteiger partial charge in [-0.1, -0.05) is 67.0 Å². The SMILES string of the molecule is C[C@@H]1O[C@@H](OC2C(O[C@H]3[C@H](O[C@H]4CC[C@@]5(C)C(CC[C@]6(C)C5CC=C5C7CC(C)(C)C(O)C(O)[C@]7(C)CC[C@]56C)C4(C)C)O[C@H](C(=O)O)[C@@H](O)[C@@H]3O)OC(CO)C(O)C2O)[C@H](O)[C@H](O)[C@H]1OC1OCC(O)C(O)C1O. The lowest BCUT2D eigenvalue weighted by Gasteiger charge is -2.72. The van der Waals surface area contributed by atoms with Gasteiger partial charge < -0.3 is 104 Å². The van der Waals surface area contributed by atoms with Crippen LogP contribution in [0.25, 0.3) is 0 Å². The Hall–Kier alpha value is -1.59. The molecule has 75 heavy (non-hydrogen) atoms. The quantitative estimate of drug-likeness (QED) is 0.0938. The van der Waals surface area contributed by atoms with Gasteiger partial charge in [0.1, 0.15) is 79.4 Å². The lowest BCUT2D eigenvalue weighted by Crippen LogP contribution is -2.68. The number of hydrogen-bond acceptors (Lipinski definition) is 21. The van der Waals surface area contributed by atoms with Gasteiger partial charge in [-0.2, -0.15) is 0 Å². The lowest BCUT2D eigenvalue weighted by molar-refractivity contribution is -0.399. The molecule has 0 radical (unpaired) electrons. The molecule has 430 valence electrons. The van der Waals surface area contributed by atoms with E-state index in [0.29, 0.717) is 6.42 Å². The summed E-state index contributed by atoms with van der Waals surface area (Å²) < 4.78 is 48.0. The summed E-state index contributed by atoms with van der Waals surface area (Å²) >= 11 is 0. The van der Waals surface area contributed by atoms with Crippen LogP contribution in [0.1, 0.15) is 114 Å². The van der Waals surface area contributed by atoms with Crippen molar-refractivity contribution >= 4 is 5.97 Å². The molecule has 4 saturated heterocycles. The zero-order valence-corrected chi connectivity index (χ0v) is 44.6. The summed E-state index contributed by atoms with van der Waals surface area (Å²) in [6, 6.07) is 0. The van der Waals surface area contributed by atoms with Gasteiger partial charge in [0.25, 0.3) is 0 Å². The second-order valence-corrected chi connectivity index (χ2v) is 26.1. The lowest BCUT2D eigenvalue weighted by atomic mass is 9.33. The normalized spacial score (nSPS) is 55.6. The predicted molar refractivity (Wildman–Crippen MR) is 257 cm³/mol. The van der Waals surface area contributed by atoms with Gasteiger partial charge in [-0.3, -0.25) is 0 Å². The first-order valence-corrected chi connectivity index (χ1v) is 27.1. The first kappa shape index (κ1) is 58.1. The van der Waals surface area contributed by atoms with E-state index in [4.69, 9.17) is 37.9 Å². The summed E-state index contributed by atoms with van der Waals surface area (Å²) in [5.41, 5.74) is -0.545. The molecule has 0 aromatic rings. The molecule has 0 aromatic carbocycles. The van der Waals surface area contributed by atoms with Crippen LogP contribution >= 0.6 is 0 Å². The average molecular weight is 1080 g/mol. The van der Waals surface area contributed by atoms with Crippen LogP contribution in [0.15, 0.2) is 11.6 Å². The number of aliphatic hydroxyl groups excluding tert-OH is 12. The monoisotopic (exact) mass is 1070 g/mol. The summed E-state index contributed by atoms with van der Waals surface area (Å²) in [7, 11) is 0. The van der Waals surface area contributed by atoms with Crippen LogP contribution in [-0.2, 0) is 42.7 Å². The van der Waals surface area contributed by atoms with Gasteiger partial charge in [0, 0.05) is 5.41 Å². The smallest absolute Gasteiger partial charge is 0.335 e. The molecule has 4 heterocycles. The van der Waals surface area contributed by atoms with Crippen LogP contribution in [0.5, 0.6) is 0 Å². The van der Waals surface area contributed by atoms with Crippen molar-refractivity contribution in [1.82, 2.24) is 0 Å². The highest BCUT2D eigenvalue weighted by molar-refractivity contribution is 5.73. The molecule has 4 saturated carbocycles. The Morgan fingerprint density at radius 3 is 1.87 bits per heavy atom. The van der Waals surface area contributed by atoms with E-state index in [1.54, 1.807) is 0 Å². The van der Waals surface area contributed by atoms with E-state index >= 15 is 0 Å². The second-order valence-electron chi connectivity index (χ2n) is 26.1. The third-order valence-electron chi connectivity index (χ3n) is 21.3. The Labute approximate surface area is 437 Å². The van der Waals surface area contributed by atoms with Crippen LogP contribution < -0.4 is 0 Å². The zero-order valence-electron chi connectivity index (χ0n) is 44.6. The number of fused-ring (bicyclic) bond motifs is 7. The summed E-state index contributed by atoms with van der Waals surface area (Å²) in [4.78, 5) is 12.6. The van der Waals surface area contributed by atoms with Gasteiger partial charge in [0.2, 0.25) is 0 Å². The van der Waals surface area contributed by atoms with Gasteiger partial charge in [0.15, 0.2) is 31.3 Å². The Kier molecular flexibility index (Phi) is 15.8. The molecule has 4 aliphatic heterocycles. The molecule has 22 nitrogen and oxygen atoms in total. The van der Waals surface area contributed by atoms with E-state index in [-0.39, 0.29) is 34.0 Å². The Balaban J connectivity index is 0.949. The molecule has 0 amide bonds. The van der Waals surface area contributed by atoms with Crippen LogP contribution in [0.4, 0.5) is 0 Å². The standard InChI is InChI=1S/C53H86O22/c1-21-37(72-44-35(62)29(56)24(55)20-68-44)34(61)36(63)45(69-21)74-39-31(58)30(57)25(19-54)70-46(39)75-40-33(60)32(59)38(43(66)67)73-47(40)71-28-13-14-51(7)26(49(28,4)5)12-15-53(9)27(51)11-10-22-23-18-48(2,3)41(64)42(65)50(23,6)16-17-52(22,53)8/h10,21,23-42,44-47,54-65H,11-20H2,1-9H3,(H,66,67)/t21-,23?,24?,25?,26?,27?,28-,29?,30?,31?,32-,33-,34-,35?,36+,37-,38-,39?,40+,41?,42?,44?,45-,46?,47+,50+,51-,52+,53+/m0/s1. The van der Waals surface area contributed by atoms with Crippen molar-refractivity contribution in [2.24, 2.45) is 50.2 Å². The maximum absolute atomic E-state index is 12.6. The highest BCUT2D eigenvalue weighted by Crippen LogP contribution is 2.76. The molecule has 9 aliphatic rings. The van der Waals surface area contributed by atoms with Crippen LogP contribution in [0.2, 0.25) is 0 Å². The van der Waals surface area contributed by atoms with Gasteiger partial charge in [-0.15, -0.1) is 0 Å². The molecule has 0 aromatic heterocycles. The molecule has 0 bridgehead atoms. The number of ether oxygens (including phenoxy) is 8. The predicted octanol–water partition coefficient (Wildman–Crippen LogP) is -0.834. The fourth-order valence-corrected chi connectivity index (χ4v) is 16.3.